The van der Waals surface area contributed by atoms with Crippen molar-refractivity contribution in [3.8, 4) is 0 Å². The van der Waals surface area contributed by atoms with Crippen molar-refractivity contribution < 1.29 is 23.5 Å². The highest BCUT2D eigenvalue weighted by Gasteiger charge is 2.28. The lowest BCUT2D eigenvalue weighted by atomic mass is 9.93. The summed E-state index contributed by atoms with van der Waals surface area (Å²) >= 11 is 0. The lowest BCUT2D eigenvalue weighted by Gasteiger charge is -2.25. The van der Waals surface area contributed by atoms with Gasteiger partial charge >= 0.3 is 5.97 Å². The van der Waals surface area contributed by atoms with Crippen LogP contribution in [-0.2, 0) is 11.2 Å². The van der Waals surface area contributed by atoms with Crippen molar-refractivity contribution in [3.05, 3.63) is 100 Å². The third kappa shape index (κ3) is 3.98. The fraction of sp³-hybridized carbons (Fsp3) is 0.125. The zero-order chi connectivity index (χ0) is 21.3. The number of anilines is 1. The predicted octanol–water partition coefficient (Wildman–Crippen LogP) is 4.73. The SMILES string of the molecule is CC(=O)c1cccc(NC(=O)c2ccc3c(c2)CC(c2ccc(F)cc2)OC3=O)c1. The van der Waals surface area contributed by atoms with Gasteiger partial charge in [-0.05, 0) is 60.5 Å². The van der Waals surface area contributed by atoms with Crippen LogP contribution in [0.2, 0.25) is 0 Å². The molecule has 0 fully saturated rings. The molecule has 5 nitrogen and oxygen atoms in total. The number of ether oxygens (including phenoxy) is 1. The first-order valence-corrected chi connectivity index (χ1v) is 9.42. The normalized spacial score (nSPS) is 15.1. The number of cyclic esters (lactones) is 1. The molecule has 1 heterocycles. The van der Waals surface area contributed by atoms with E-state index in [1.54, 1.807) is 54.6 Å². The molecule has 1 N–H and O–H groups in total. The molecule has 1 amide bonds. The number of hydrogen-bond donors (Lipinski definition) is 1. The Labute approximate surface area is 172 Å². The molecular formula is C24H18FNO4. The van der Waals surface area contributed by atoms with Gasteiger partial charge in [-0.15, -0.1) is 0 Å². The summed E-state index contributed by atoms with van der Waals surface area (Å²) in [6.07, 6.45) is -0.163. The number of esters is 1. The van der Waals surface area contributed by atoms with Crippen LogP contribution in [0.1, 0.15) is 55.2 Å². The Kier molecular flexibility index (Phi) is 5.14. The van der Waals surface area contributed by atoms with Crippen molar-refractivity contribution in [3.63, 3.8) is 0 Å². The highest BCUT2D eigenvalue weighted by molar-refractivity contribution is 6.06. The van der Waals surface area contributed by atoms with Crippen LogP contribution >= 0.6 is 0 Å². The van der Waals surface area contributed by atoms with E-state index in [4.69, 9.17) is 4.74 Å². The first-order valence-electron chi connectivity index (χ1n) is 9.42. The Bertz CT molecular complexity index is 1150. The standard InChI is InChI=1S/C24H18FNO4/c1-14(27)16-3-2-4-20(12-16)26-23(28)17-7-10-21-18(11-17)13-22(30-24(21)29)15-5-8-19(25)9-6-15/h2-12,22H,13H2,1H3,(H,26,28). The number of benzene rings is 3. The fourth-order valence-electron chi connectivity index (χ4n) is 3.42. The van der Waals surface area contributed by atoms with E-state index >= 15 is 0 Å². The molecule has 3 aromatic carbocycles. The molecule has 0 radical (unpaired) electrons. The molecule has 0 saturated carbocycles. The summed E-state index contributed by atoms with van der Waals surface area (Å²) in [5, 5.41) is 2.77. The summed E-state index contributed by atoms with van der Waals surface area (Å²) in [5.74, 6) is -1.29. The van der Waals surface area contributed by atoms with E-state index in [-0.39, 0.29) is 17.5 Å². The average molecular weight is 403 g/mol. The minimum absolute atomic E-state index is 0.0924. The summed E-state index contributed by atoms with van der Waals surface area (Å²) in [4.78, 5) is 36.6. The van der Waals surface area contributed by atoms with E-state index in [1.807, 2.05) is 0 Å². The topological polar surface area (TPSA) is 72.5 Å². The van der Waals surface area contributed by atoms with Gasteiger partial charge in [-0.1, -0.05) is 24.3 Å². The van der Waals surface area contributed by atoms with Crippen molar-refractivity contribution >= 4 is 23.3 Å². The van der Waals surface area contributed by atoms with E-state index in [0.29, 0.717) is 39.9 Å². The van der Waals surface area contributed by atoms with Crippen LogP contribution in [0.5, 0.6) is 0 Å². The van der Waals surface area contributed by atoms with Crippen LogP contribution in [0.15, 0.2) is 66.7 Å². The number of Topliss-reactive ketones (excluding diaryl/α,β-unsaturated/α-hetero) is 1. The first kappa shape index (κ1) is 19.5. The summed E-state index contributed by atoms with van der Waals surface area (Å²) < 4.78 is 18.7. The van der Waals surface area contributed by atoms with Gasteiger partial charge in [0.25, 0.3) is 5.91 Å². The third-order valence-electron chi connectivity index (χ3n) is 5.01. The molecule has 0 bridgehead atoms. The number of hydrogen-bond acceptors (Lipinski definition) is 4. The first-order chi connectivity index (χ1) is 14.4. The maximum Gasteiger partial charge on any atom is 0.339 e. The van der Waals surface area contributed by atoms with Crippen LogP contribution in [0.3, 0.4) is 0 Å². The lowest BCUT2D eigenvalue weighted by Crippen LogP contribution is -2.23. The fourth-order valence-corrected chi connectivity index (χ4v) is 3.42. The maximum absolute atomic E-state index is 13.2. The number of halogens is 1. The van der Waals surface area contributed by atoms with Gasteiger partial charge in [-0.25, -0.2) is 9.18 Å². The molecule has 0 saturated heterocycles. The second-order valence-corrected chi connectivity index (χ2v) is 7.11. The second-order valence-electron chi connectivity index (χ2n) is 7.11. The van der Waals surface area contributed by atoms with Crippen LogP contribution in [0.4, 0.5) is 10.1 Å². The van der Waals surface area contributed by atoms with Crippen LogP contribution in [0, 0.1) is 5.82 Å². The van der Waals surface area contributed by atoms with Crippen LogP contribution in [-0.4, -0.2) is 17.7 Å². The molecule has 1 aliphatic rings. The van der Waals surface area contributed by atoms with Gasteiger partial charge in [0, 0.05) is 23.2 Å². The number of carbonyl (C=O) groups excluding carboxylic acids is 3. The monoisotopic (exact) mass is 403 g/mol. The minimum Gasteiger partial charge on any atom is -0.454 e. The van der Waals surface area contributed by atoms with E-state index in [1.165, 1.54) is 19.1 Å². The molecule has 0 aliphatic carbocycles. The number of nitrogens with one attached hydrogen (secondary N) is 1. The number of rotatable bonds is 4. The van der Waals surface area contributed by atoms with Crippen molar-refractivity contribution in [2.24, 2.45) is 0 Å². The lowest BCUT2D eigenvalue weighted by molar-refractivity contribution is 0.0252. The van der Waals surface area contributed by atoms with Crippen molar-refractivity contribution in [2.45, 2.75) is 19.4 Å². The zero-order valence-electron chi connectivity index (χ0n) is 16.1. The number of amides is 1. The molecule has 0 spiro atoms. The van der Waals surface area contributed by atoms with Gasteiger partial charge in [0.15, 0.2) is 5.78 Å². The van der Waals surface area contributed by atoms with Crippen LogP contribution in [0.25, 0.3) is 0 Å². The minimum atomic E-state index is -0.545. The number of ketones is 1. The number of carbonyl (C=O) groups is 3. The third-order valence-corrected chi connectivity index (χ3v) is 5.01. The summed E-state index contributed by atoms with van der Waals surface area (Å²) in [6, 6.07) is 17.3. The molecule has 1 unspecified atom stereocenters. The molecule has 30 heavy (non-hydrogen) atoms. The maximum atomic E-state index is 13.2. The van der Waals surface area contributed by atoms with E-state index < -0.39 is 12.1 Å². The Morgan fingerprint density at radius 3 is 2.50 bits per heavy atom. The Hall–Kier alpha value is -3.80. The largest absolute Gasteiger partial charge is 0.454 e. The van der Waals surface area contributed by atoms with Gasteiger partial charge in [0.05, 0.1) is 5.56 Å². The van der Waals surface area contributed by atoms with Crippen molar-refractivity contribution in [2.75, 3.05) is 5.32 Å². The van der Waals surface area contributed by atoms with Gasteiger partial charge in [0.2, 0.25) is 0 Å². The van der Waals surface area contributed by atoms with Gasteiger partial charge in [0.1, 0.15) is 11.9 Å². The van der Waals surface area contributed by atoms with Gasteiger partial charge in [-0.3, -0.25) is 9.59 Å². The summed E-state index contributed by atoms with van der Waals surface area (Å²) in [6.45, 7) is 1.46. The smallest absolute Gasteiger partial charge is 0.339 e. The molecule has 1 atom stereocenters. The Balaban J connectivity index is 1.57. The highest BCUT2D eigenvalue weighted by atomic mass is 19.1. The summed E-state index contributed by atoms with van der Waals surface area (Å²) in [7, 11) is 0. The van der Waals surface area contributed by atoms with E-state index in [2.05, 4.69) is 5.32 Å². The van der Waals surface area contributed by atoms with Gasteiger partial charge in [-0.2, -0.15) is 0 Å². The molecular weight excluding hydrogens is 385 g/mol. The quantitative estimate of drug-likeness (QED) is 0.505. The Morgan fingerprint density at radius 2 is 1.77 bits per heavy atom. The zero-order valence-corrected chi connectivity index (χ0v) is 16.1. The molecule has 3 aromatic rings. The van der Waals surface area contributed by atoms with Crippen molar-refractivity contribution in [1.29, 1.82) is 0 Å². The molecule has 150 valence electrons. The summed E-state index contributed by atoms with van der Waals surface area (Å²) in [5.41, 5.74) is 3.17. The highest BCUT2D eigenvalue weighted by Crippen LogP contribution is 2.31. The molecule has 1 aliphatic heterocycles. The number of fused-ring (bicyclic) bond motifs is 1. The van der Waals surface area contributed by atoms with Crippen LogP contribution < -0.4 is 5.32 Å². The molecule has 6 heteroatoms. The van der Waals surface area contributed by atoms with E-state index in [0.717, 1.165) is 0 Å². The molecule has 0 aromatic heterocycles. The average Bonchev–Trinajstić information content (AvgIpc) is 2.74. The second kappa shape index (κ2) is 7.91. The predicted molar refractivity (Wildman–Crippen MR) is 109 cm³/mol. The van der Waals surface area contributed by atoms with Crippen molar-refractivity contribution in [1.82, 2.24) is 0 Å². The Morgan fingerprint density at radius 1 is 1.00 bits per heavy atom. The van der Waals surface area contributed by atoms with Gasteiger partial charge < -0.3 is 10.1 Å². The molecule has 4 rings (SSSR count). The van der Waals surface area contributed by atoms with E-state index in [9.17, 15) is 18.8 Å².